The Morgan fingerprint density at radius 3 is 2.34 bits per heavy atom. The van der Waals surface area contributed by atoms with Crippen molar-refractivity contribution in [3.05, 3.63) is 93.3 Å². The normalized spacial score (nSPS) is 14.8. The van der Waals surface area contributed by atoms with Crippen LogP contribution in [-0.4, -0.2) is 23.4 Å². The number of amides is 1. The predicted molar refractivity (Wildman–Crippen MR) is 136 cm³/mol. The van der Waals surface area contributed by atoms with Crippen LogP contribution >= 0.6 is 47.2 Å². The molecule has 0 aliphatic carbocycles. The van der Waals surface area contributed by atoms with Gasteiger partial charge in [-0.2, -0.15) is 0 Å². The molecule has 1 saturated heterocycles. The number of benzene rings is 3. The standard InChI is InChI=1S/C24H17Cl2NO3S2/c25-17-10-11-20(29-12-13-30-21-9-5-4-8-19(21)26)16(14-17)15-22-23(28)27(24(31)32-22)18-6-2-1-3-7-18/h1-11,14-15H,12-13H2/b22-15-. The van der Waals surface area contributed by atoms with E-state index in [1.807, 2.05) is 42.5 Å². The second-order valence-corrected chi connectivity index (χ2v) is 9.18. The van der Waals surface area contributed by atoms with Crippen LogP contribution < -0.4 is 14.4 Å². The van der Waals surface area contributed by atoms with E-state index >= 15 is 0 Å². The van der Waals surface area contributed by atoms with Crippen molar-refractivity contribution < 1.29 is 14.3 Å². The van der Waals surface area contributed by atoms with Gasteiger partial charge in [0.05, 0.1) is 15.6 Å². The molecule has 0 atom stereocenters. The fourth-order valence-electron chi connectivity index (χ4n) is 3.04. The largest absolute Gasteiger partial charge is 0.489 e. The van der Waals surface area contributed by atoms with E-state index in [0.29, 0.717) is 49.5 Å². The number of carbonyl (C=O) groups excluding carboxylic acids is 1. The number of anilines is 1. The lowest BCUT2D eigenvalue weighted by atomic mass is 10.1. The van der Waals surface area contributed by atoms with Crippen LogP contribution in [0.4, 0.5) is 5.69 Å². The molecule has 0 aromatic heterocycles. The number of carbonyl (C=O) groups is 1. The van der Waals surface area contributed by atoms with E-state index in [4.69, 9.17) is 44.9 Å². The topological polar surface area (TPSA) is 38.8 Å². The van der Waals surface area contributed by atoms with E-state index in [1.54, 1.807) is 36.4 Å². The van der Waals surface area contributed by atoms with E-state index < -0.39 is 0 Å². The Morgan fingerprint density at radius 1 is 0.906 bits per heavy atom. The van der Waals surface area contributed by atoms with Gasteiger partial charge < -0.3 is 9.47 Å². The first kappa shape index (κ1) is 22.7. The van der Waals surface area contributed by atoms with Crippen LogP contribution in [0.1, 0.15) is 5.56 Å². The van der Waals surface area contributed by atoms with Crippen molar-refractivity contribution in [3.63, 3.8) is 0 Å². The number of hydrogen-bond acceptors (Lipinski definition) is 5. The molecule has 3 aromatic rings. The minimum atomic E-state index is -0.181. The number of thioether (sulfide) groups is 1. The fraction of sp³-hybridized carbons (Fsp3) is 0.0833. The van der Waals surface area contributed by atoms with Gasteiger partial charge >= 0.3 is 0 Å². The van der Waals surface area contributed by atoms with Crippen molar-refractivity contribution in [1.82, 2.24) is 0 Å². The van der Waals surface area contributed by atoms with Crippen LogP contribution in [0.2, 0.25) is 10.0 Å². The minimum absolute atomic E-state index is 0.181. The molecule has 1 aliphatic rings. The highest BCUT2D eigenvalue weighted by atomic mass is 35.5. The van der Waals surface area contributed by atoms with Crippen LogP contribution in [-0.2, 0) is 4.79 Å². The highest BCUT2D eigenvalue weighted by Gasteiger charge is 2.33. The summed E-state index contributed by atoms with van der Waals surface area (Å²) in [7, 11) is 0. The summed E-state index contributed by atoms with van der Waals surface area (Å²) in [5, 5.41) is 1.08. The molecule has 1 amide bonds. The van der Waals surface area contributed by atoms with Gasteiger partial charge in [0.15, 0.2) is 4.32 Å². The number of rotatable bonds is 7. The van der Waals surface area contributed by atoms with Gasteiger partial charge in [-0.15, -0.1) is 0 Å². The quantitative estimate of drug-likeness (QED) is 0.201. The molecule has 4 nitrogen and oxygen atoms in total. The Hall–Kier alpha value is -2.51. The molecule has 32 heavy (non-hydrogen) atoms. The lowest BCUT2D eigenvalue weighted by molar-refractivity contribution is -0.113. The monoisotopic (exact) mass is 501 g/mol. The van der Waals surface area contributed by atoms with Crippen LogP contribution in [0.15, 0.2) is 77.7 Å². The molecule has 1 heterocycles. The van der Waals surface area contributed by atoms with Crippen LogP contribution in [0, 0.1) is 0 Å². The molecule has 162 valence electrons. The zero-order valence-corrected chi connectivity index (χ0v) is 19.8. The molecule has 8 heteroatoms. The van der Waals surface area contributed by atoms with Gasteiger partial charge in [0.1, 0.15) is 24.7 Å². The van der Waals surface area contributed by atoms with Crippen LogP contribution in [0.25, 0.3) is 6.08 Å². The van der Waals surface area contributed by atoms with Crippen LogP contribution in [0.5, 0.6) is 11.5 Å². The summed E-state index contributed by atoms with van der Waals surface area (Å²) in [5.74, 6) is 1.000. The van der Waals surface area contributed by atoms with E-state index in [9.17, 15) is 4.79 Å². The first-order valence-electron chi connectivity index (χ1n) is 9.65. The van der Waals surface area contributed by atoms with E-state index in [1.165, 1.54) is 16.7 Å². The first-order chi connectivity index (χ1) is 15.5. The molecule has 3 aromatic carbocycles. The average Bonchev–Trinajstić information content (AvgIpc) is 3.07. The zero-order valence-electron chi connectivity index (χ0n) is 16.7. The third-order valence-corrected chi connectivity index (χ3v) is 6.35. The molecule has 0 N–H and O–H groups in total. The maximum Gasteiger partial charge on any atom is 0.270 e. The second kappa shape index (κ2) is 10.4. The molecular weight excluding hydrogens is 485 g/mol. The van der Waals surface area contributed by atoms with Gasteiger partial charge in [-0.3, -0.25) is 9.69 Å². The maximum absolute atomic E-state index is 13.0. The summed E-state index contributed by atoms with van der Waals surface area (Å²) in [6.07, 6.45) is 1.75. The third kappa shape index (κ3) is 5.27. The molecular formula is C24H17Cl2NO3S2. The van der Waals surface area contributed by atoms with E-state index in [2.05, 4.69) is 0 Å². The number of halogens is 2. The van der Waals surface area contributed by atoms with Crippen molar-refractivity contribution in [3.8, 4) is 11.5 Å². The SMILES string of the molecule is O=C1/C(=C/c2cc(Cl)ccc2OCCOc2ccccc2Cl)SC(=S)N1c1ccccc1. The molecule has 1 aliphatic heterocycles. The summed E-state index contributed by atoms with van der Waals surface area (Å²) in [4.78, 5) is 15.0. The van der Waals surface area contributed by atoms with Gasteiger partial charge in [0, 0.05) is 10.6 Å². The van der Waals surface area contributed by atoms with Crippen molar-refractivity contribution >= 4 is 69.2 Å². The Bertz CT molecular complexity index is 1180. The van der Waals surface area contributed by atoms with E-state index in [0.717, 1.165) is 5.69 Å². The Morgan fingerprint density at radius 2 is 1.59 bits per heavy atom. The fourth-order valence-corrected chi connectivity index (χ4v) is 4.70. The summed E-state index contributed by atoms with van der Waals surface area (Å²) < 4.78 is 12.0. The Labute approximate surface area is 205 Å². The second-order valence-electron chi connectivity index (χ2n) is 6.66. The summed E-state index contributed by atoms with van der Waals surface area (Å²) >= 11 is 19.0. The number of hydrogen-bond donors (Lipinski definition) is 0. The number of para-hydroxylation sites is 2. The third-order valence-electron chi connectivity index (χ3n) is 4.50. The first-order valence-corrected chi connectivity index (χ1v) is 11.6. The summed E-state index contributed by atoms with van der Waals surface area (Å²) in [5.41, 5.74) is 1.42. The molecule has 0 saturated carbocycles. The molecule has 1 fully saturated rings. The smallest absolute Gasteiger partial charge is 0.270 e. The zero-order chi connectivity index (χ0) is 22.5. The van der Waals surface area contributed by atoms with Crippen molar-refractivity contribution in [2.75, 3.05) is 18.1 Å². The molecule has 0 unspecified atom stereocenters. The van der Waals surface area contributed by atoms with Crippen molar-refractivity contribution in [1.29, 1.82) is 0 Å². The summed E-state index contributed by atoms with van der Waals surface area (Å²) in [6, 6.07) is 21.8. The average molecular weight is 502 g/mol. The van der Waals surface area contributed by atoms with Gasteiger partial charge in [-0.05, 0) is 48.5 Å². The minimum Gasteiger partial charge on any atom is -0.489 e. The highest BCUT2D eigenvalue weighted by Crippen LogP contribution is 2.37. The lowest BCUT2D eigenvalue weighted by Crippen LogP contribution is -2.27. The number of thiocarbonyl (C=S) groups is 1. The van der Waals surface area contributed by atoms with Crippen LogP contribution in [0.3, 0.4) is 0 Å². The summed E-state index contributed by atoms with van der Waals surface area (Å²) in [6.45, 7) is 0.598. The predicted octanol–water partition coefficient (Wildman–Crippen LogP) is 6.86. The Kier molecular flexibility index (Phi) is 7.37. The lowest BCUT2D eigenvalue weighted by Gasteiger charge is -2.14. The number of nitrogens with zero attached hydrogens (tertiary/aromatic N) is 1. The molecule has 4 rings (SSSR count). The van der Waals surface area contributed by atoms with Gasteiger partial charge in [0.2, 0.25) is 0 Å². The molecule has 0 bridgehead atoms. The van der Waals surface area contributed by atoms with Gasteiger partial charge in [-0.1, -0.05) is 77.5 Å². The molecule has 0 radical (unpaired) electrons. The van der Waals surface area contributed by atoms with Crippen molar-refractivity contribution in [2.45, 2.75) is 0 Å². The van der Waals surface area contributed by atoms with Crippen molar-refractivity contribution in [2.24, 2.45) is 0 Å². The molecule has 0 spiro atoms. The highest BCUT2D eigenvalue weighted by molar-refractivity contribution is 8.27. The number of ether oxygens (including phenoxy) is 2. The van der Waals surface area contributed by atoms with Gasteiger partial charge in [-0.25, -0.2) is 0 Å². The van der Waals surface area contributed by atoms with Gasteiger partial charge in [0.25, 0.3) is 5.91 Å². The maximum atomic E-state index is 13.0. The Balaban J connectivity index is 1.48. The van der Waals surface area contributed by atoms with E-state index in [-0.39, 0.29) is 5.91 Å².